The molecule has 5 rings (SSSR count). The van der Waals surface area contributed by atoms with Crippen molar-refractivity contribution in [2.75, 3.05) is 12.4 Å². The molecule has 4 aromatic carbocycles. The van der Waals surface area contributed by atoms with Crippen molar-refractivity contribution >= 4 is 35.6 Å². The van der Waals surface area contributed by atoms with Crippen molar-refractivity contribution in [3.8, 4) is 0 Å². The van der Waals surface area contributed by atoms with Gasteiger partial charge in [-0.15, -0.1) is 11.8 Å². The molecule has 0 radical (unpaired) electrons. The van der Waals surface area contributed by atoms with Gasteiger partial charge >= 0.3 is 23.9 Å². The average molecular weight is 641 g/mol. The van der Waals surface area contributed by atoms with Crippen LogP contribution in [0.15, 0.2) is 121 Å². The van der Waals surface area contributed by atoms with Crippen LogP contribution in [0.2, 0.25) is 0 Å². The lowest BCUT2D eigenvalue weighted by Crippen LogP contribution is -2.61. The second-order valence-corrected chi connectivity index (χ2v) is 11.5. The van der Waals surface area contributed by atoms with Gasteiger partial charge in [0.2, 0.25) is 0 Å². The van der Waals surface area contributed by atoms with Crippen molar-refractivity contribution in [2.45, 2.75) is 36.8 Å². The second-order valence-electron chi connectivity index (χ2n) is 10.2. The summed E-state index contributed by atoms with van der Waals surface area (Å²) >= 11 is 1.30. The Morgan fingerprint density at radius 2 is 0.913 bits per heavy atom. The van der Waals surface area contributed by atoms with E-state index >= 15 is 0 Å². The van der Waals surface area contributed by atoms with Crippen molar-refractivity contribution in [1.29, 1.82) is 0 Å². The van der Waals surface area contributed by atoms with Crippen LogP contribution in [0.4, 0.5) is 0 Å². The summed E-state index contributed by atoms with van der Waals surface area (Å²) in [5, 5.41) is 0. The topological polar surface area (TPSA) is 114 Å². The molecular weight excluding hydrogens is 608 g/mol. The Morgan fingerprint density at radius 3 is 1.33 bits per heavy atom. The van der Waals surface area contributed by atoms with Crippen LogP contribution in [0.3, 0.4) is 0 Å². The van der Waals surface area contributed by atoms with Gasteiger partial charge in [0.1, 0.15) is 18.1 Å². The lowest BCUT2D eigenvalue weighted by Gasteiger charge is -2.44. The van der Waals surface area contributed by atoms with E-state index in [0.29, 0.717) is 11.3 Å². The van der Waals surface area contributed by atoms with Crippen molar-refractivity contribution in [1.82, 2.24) is 0 Å². The van der Waals surface area contributed by atoms with Gasteiger partial charge in [0.25, 0.3) is 0 Å². The van der Waals surface area contributed by atoms with Gasteiger partial charge in [0, 0.05) is 0 Å². The fourth-order valence-corrected chi connectivity index (χ4v) is 5.78. The smallest absolute Gasteiger partial charge is 0.338 e. The molecule has 0 amide bonds. The molecule has 1 saturated heterocycles. The summed E-state index contributed by atoms with van der Waals surface area (Å²) in [6, 6.07) is 33.3. The third-order valence-electron chi connectivity index (χ3n) is 7.07. The second kappa shape index (κ2) is 15.9. The zero-order valence-electron chi connectivity index (χ0n) is 24.9. The number of carbonyl (C=O) groups is 4. The minimum absolute atomic E-state index is 0.235. The van der Waals surface area contributed by atoms with E-state index in [4.69, 9.17) is 23.7 Å². The zero-order valence-corrected chi connectivity index (χ0v) is 25.7. The molecule has 1 aliphatic rings. The first-order valence-corrected chi connectivity index (χ1v) is 15.8. The molecular formula is C36H32O9S. The van der Waals surface area contributed by atoms with Crippen LogP contribution in [0, 0.1) is 0 Å². The number of esters is 4. The molecule has 0 aliphatic carbocycles. The highest BCUT2D eigenvalue weighted by Crippen LogP contribution is 2.35. The van der Waals surface area contributed by atoms with Gasteiger partial charge in [0.15, 0.2) is 18.3 Å². The largest absolute Gasteiger partial charge is 0.459 e. The highest BCUT2D eigenvalue weighted by molar-refractivity contribution is 7.99. The number of rotatable bonds is 11. The molecule has 5 atom stereocenters. The first kappa shape index (κ1) is 32.5. The van der Waals surface area contributed by atoms with E-state index in [0.717, 1.165) is 0 Å². The molecule has 10 heteroatoms. The van der Waals surface area contributed by atoms with E-state index in [1.807, 2.05) is 6.92 Å². The Labute approximate surface area is 270 Å². The minimum atomic E-state index is -1.34. The summed E-state index contributed by atoms with van der Waals surface area (Å²) in [4.78, 5) is 53.2. The Morgan fingerprint density at radius 1 is 0.543 bits per heavy atom. The monoisotopic (exact) mass is 640 g/mol. The molecule has 1 fully saturated rings. The summed E-state index contributed by atoms with van der Waals surface area (Å²) in [6.07, 6.45) is -4.98. The van der Waals surface area contributed by atoms with Gasteiger partial charge in [0.05, 0.1) is 22.3 Å². The maximum absolute atomic E-state index is 13.5. The van der Waals surface area contributed by atoms with Crippen molar-refractivity contribution in [3.63, 3.8) is 0 Å². The Balaban J connectivity index is 1.52. The van der Waals surface area contributed by atoms with Crippen molar-refractivity contribution < 1.29 is 42.9 Å². The normalized spacial score (nSPS) is 20.6. The molecule has 4 aromatic rings. The van der Waals surface area contributed by atoms with Gasteiger partial charge in [-0.05, 0) is 54.3 Å². The Bertz CT molecular complexity index is 1600. The lowest BCUT2D eigenvalue weighted by molar-refractivity contribution is -0.207. The van der Waals surface area contributed by atoms with Crippen LogP contribution >= 0.6 is 11.8 Å². The van der Waals surface area contributed by atoms with Gasteiger partial charge in [-0.25, -0.2) is 19.2 Å². The van der Waals surface area contributed by atoms with E-state index in [2.05, 4.69) is 0 Å². The molecule has 1 heterocycles. The number of carbonyl (C=O) groups excluding carboxylic acids is 4. The maximum atomic E-state index is 13.5. The van der Waals surface area contributed by atoms with Gasteiger partial charge < -0.3 is 23.7 Å². The number of hydrogen-bond acceptors (Lipinski definition) is 10. The van der Waals surface area contributed by atoms with Gasteiger partial charge in [-0.1, -0.05) is 79.7 Å². The van der Waals surface area contributed by atoms with E-state index in [-0.39, 0.29) is 23.3 Å². The van der Waals surface area contributed by atoms with Crippen molar-refractivity contribution in [2.24, 2.45) is 0 Å². The Hall–Kier alpha value is -4.93. The van der Waals surface area contributed by atoms with Crippen LogP contribution in [0.25, 0.3) is 0 Å². The molecule has 0 bridgehead atoms. The predicted octanol–water partition coefficient (Wildman–Crippen LogP) is 6.00. The first-order valence-electron chi connectivity index (χ1n) is 14.7. The Kier molecular flexibility index (Phi) is 11.2. The molecule has 1 aliphatic heterocycles. The van der Waals surface area contributed by atoms with E-state index in [9.17, 15) is 19.2 Å². The standard InChI is InChI=1S/C36H32O9S/c1-2-46-36-31(45-35(40)27-21-13-6-14-22-27)30(44-34(39)26-19-11-5-12-20-26)29(43-33(38)25-17-9-4-10-18-25)28(42-36)23-41-32(37)24-15-7-3-8-16-24/h3-22,28-31,36H,2,23H2,1H3/t28?,29-,30?,31?,36-/m0/s1. The summed E-state index contributed by atoms with van der Waals surface area (Å²) in [5.41, 5.74) is 0.184. The minimum Gasteiger partial charge on any atom is -0.459 e. The molecule has 3 unspecified atom stereocenters. The number of thioether (sulfide) groups is 1. The fraction of sp³-hybridized carbons (Fsp3) is 0.222. The quantitative estimate of drug-likeness (QED) is 0.143. The zero-order chi connectivity index (χ0) is 32.3. The van der Waals surface area contributed by atoms with E-state index in [1.165, 1.54) is 11.8 Å². The van der Waals surface area contributed by atoms with Crippen molar-refractivity contribution in [3.05, 3.63) is 144 Å². The molecule has 0 spiro atoms. The van der Waals surface area contributed by atoms with Gasteiger partial charge in [-0.3, -0.25) is 0 Å². The first-order chi connectivity index (χ1) is 22.4. The third kappa shape index (κ3) is 8.21. The van der Waals surface area contributed by atoms with Crippen LogP contribution in [0.1, 0.15) is 48.4 Å². The average Bonchev–Trinajstić information content (AvgIpc) is 3.11. The molecule has 9 nitrogen and oxygen atoms in total. The summed E-state index contributed by atoms with van der Waals surface area (Å²) in [7, 11) is 0. The SMILES string of the molecule is CCS[C@@H]1OC(COC(=O)c2ccccc2)[C@H](OC(=O)c2ccccc2)C(OC(=O)c2ccccc2)C1OC(=O)c1ccccc1. The van der Waals surface area contributed by atoms with E-state index in [1.54, 1.807) is 121 Å². The molecule has 0 N–H and O–H groups in total. The summed E-state index contributed by atoms with van der Waals surface area (Å²) in [6.45, 7) is 1.54. The van der Waals surface area contributed by atoms with Gasteiger partial charge in [-0.2, -0.15) is 0 Å². The number of hydrogen-bond donors (Lipinski definition) is 0. The van der Waals surface area contributed by atoms with Crippen LogP contribution < -0.4 is 0 Å². The third-order valence-corrected chi connectivity index (χ3v) is 8.11. The van der Waals surface area contributed by atoms with Crippen LogP contribution in [0.5, 0.6) is 0 Å². The number of ether oxygens (including phenoxy) is 5. The lowest BCUT2D eigenvalue weighted by atomic mass is 9.98. The maximum Gasteiger partial charge on any atom is 0.338 e. The molecule has 236 valence electrons. The fourth-order valence-electron chi connectivity index (χ4n) is 4.83. The van der Waals surface area contributed by atoms with Crippen LogP contribution in [-0.4, -0.2) is 66.1 Å². The molecule has 0 saturated carbocycles. The molecule has 46 heavy (non-hydrogen) atoms. The van der Waals surface area contributed by atoms with Crippen LogP contribution in [-0.2, 0) is 23.7 Å². The molecule has 0 aromatic heterocycles. The van der Waals surface area contributed by atoms with E-state index < -0.39 is 53.7 Å². The highest BCUT2D eigenvalue weighted by Gasteiger charge is 2.53. The number of benzene rings is 4. The predicted molar refractivity (Wildman–Crippen MR) is 170 cm³/mol. The highest BCUT2D eigenvalue weighted by atomic mass is 32.2. The summed E-state index contributed by atoms with van der Waals surface area (Å²) in [5.74, 6) is -2.22. The summed E-state index contributed by atoms with van der Waals surface area (Å²) < 4.78 is 30.0.